The van der Waals surface area contributed by atoms with Gasteiger partial charge in [0, 0.05) is 37.4 Å². The zero-order valence-electron chi connectivity index (χ0n) is 15.7. The van der Waals surface area contributed by atoms with Crippen LogP contribution in [0.25, 0.3) is 0 Å². The van der Waals surface area contributed by atoms with Gasteiger partial charge in [0.15, 0.2) is 12.4 Å². The first-order valence-corrected chi connectivity index (χ1v) is 8.97. The van der Waals surface area contributed by atoms with E-state index in [-0.39, 0.29) is 18.3 Å². The molecule has 0 N–H and O–H groups in total. The smallest absolute Gasteiger partial charge is 0.260 e. The Balaban J connectivity index is 1.47. The van der Waals surface area contributed by atoms with Gasteiger partial charge in [-0.3, -0.25) is 9.59 Å². The number of amides is 1. The Kier molecular flexibility index (Phi) is 5.96. The zero-order valence-corrected chi connectivity index (χ0v) is 15.7. The molecule has 0 aromatic heterocycles. The molecule has 1 heterocycles. The highest BCUT2D eigenvalue weighted by Gasteiger charge is 2.21. The van der Waals surface area contributed by atoms with Gasteiger partial charge in [0.1, 0.15) is 11.5 Å². The van der Waals surface area contributed by atoms with Crippen molar-refractivity contribution in [2.45, 2.75) is 6.92 Å². The number of anilines is 1. The molecular formula is C21H24N2O4. The summed E-state index contributed by atoms with van der Waals surface area (Å²) in [6.45, 7) is 4.42. The third-order valence-corrected chi connectivity index (χ3v) is 4.69. The number of nitrogens with zero attached hydrogens (tertiary/aromatic N) is 2. The molecular weight excluding hydrogens is 344 g/mol. The Hall–Kier alpha value is -3.02. The van der Waals surface area contributed by atoms with E-state index in [0.29, 0.717) is 24.4 Å². The zero-order chi connectivity index (χ0) is 19.2. The molecule has 1 saturated heterocycles. The third-order valence-electron chi connectivity index (χ3n) is 4.69. The summed E-state index contributed by atoms with van der Waals surface area (Å²) in [6, 6.07) is 14.8. The van der Waals surface area contributed by atoms with Crippen LogP contribution in [0.2, 0.25) is 0 Å². The van der Waals surface area contributed by atoms with Gasteiger partial charge in [-0.05, 0) is 55.5 Å². The normalized spacial score (nSPS) is 14.0. The fraction of sp³-hybridized carbons (Fsp3) is 0.333. The molecule has 1 fully saturated rings. The molecule has 1 amide bonds. The minimum absolute atomic E-state index is 0.00194. The molecule has 6 nitrogen and oxygen atoms in total. The van der Waals surface area contributed by atoms with E-state index in [4.69, 9.17) is 9.47 Å². The van der Waals surface area contributed by atoms with Crippen LogP contribution in [0.4, 0.5) is 5.69 Å². The lowest BCUT2D eigenvalue weighted by Crippen LogP contribution is -2.50. The summed E-state index contributed by atoms with van der Waals surface area (Å²) in [6.07, 6.45) is 0. The van der Waals surface area contributed by atoms with Crippen molar-refractivity contribution in [3.05, 3.63) is 54.1 Å². The second-order valence-electron chi connectivity index (χ2n) is 6.44. The number of carbonyl (C=O) groups excluding carboxylic acids is 2. The number of hydrogen-bond donors (Lipinski definition) is 0. The van der Waals surface area contributed by atoms with Gasteiger partial charge in [0.2, 0.25) is 0 Å². The maximum atomic E-state index is 12.4. The molecule has 1 aliphatic rings. The van der Waals surface area contributed by atoms with Gasteiger partial charge in [0.25, 0.3) is 5.91 Å². The van der Waals surface area contributed by atoms with Gasteiger partial charge in [-0.1, -0.05) is 0 Å². The van der Waals surface area contributed by atoms with Crippen LogP contribution >= 0.6 is 0 Å². The van der Waals surface area contributed by atoms with E-state index in [1.54, 1.807) is 31.4 Å². The molecule has 3 rings (SSSR count). The van der Waals surface area contributed by atoms with E-state index >= 15 is 0 Å². The van der Waals surface area contributed by atoms with Crippen molar-refractivity contribution in [3.8, 4) is 11.5 Å². The summed E-state index contributed by atoms with van der Waals surface area (Å²) in [7, 11) is 1.65. The summed E-state index contributed by atoms with van der Waals surface area (Å²) in [5, 5.41) is 0. The lowest BCUT2D eigenvalue weighted by Gasteiger charge is -2.36. The fourth-order valence-electron chi connectivity index (χ4n) is 3.03. The van der Waals surface area contributed by atoms with Crippen molar-refractivity contribution in [2.24, 2.45) is 0 Å². The molecule has 0 radical (unpaired) electrons. The Morgan fingerprint density at radius 3 is 2.04 bits per heavy atom. The number of ether oxygens (including phenoxy) is 2. The number of methoxy groups -OCH3 is 1. The first kappa shape index (κ1) is 18.8. The SMILES string of the molecule is COc1ccc(N2CCN(C(=O)COc3ccc(C(C)=O)cc3)CC2)cc1. The summed E-state index contributed by atoms with van der Waals surface area (Å²) in [5.74, 6) is 1.40. The van der Waals surface area contributed by atoms with E-state index in [1.165, 1.54) is 6.92 Å². The van der Waals surface area contributed by atoms with Crippen molar-refractivity contribution in [3.63, 3.8) is 0 Å². The van der Waals surface area contributed by atoms with E-state index in [9.17, 15) is 9.59 Å². The van der Waals surface area contributed by atoms with E-state index < -0.39 is 0 Å². The maximum absolute atomic E-state index is 12.4. The molecule has 0 aliphatic carbocycles. The Labute approximate surface area is 159 Å². The molecule has 0 bridgehead atoms. The van der Waals surface area contributed by atoms with Crippen molar-refractivity contribution < 1.29 is 19.1 Å². The number of rotatable bonds is 6. The Morgan fingerprint density at radius 2 is 1.48 bits per heavy atom. The van der Waals surface area contributed by atoms with E-state index in [0.717, 1.165) is 24.5 Å². The number of ketones is 1. The molecule has 1 aliphatic heterocycles. The monoisotopic (exact) mass is 368 g/mol. The van der Waals surface area contributed by atoms with Crippen LogP contribution in [-0.4, -0.2) is 56.5 Å². The van der Waals surface area contributed by atoms with Crippen LogP contribution in [-0.2, 0) is 4.79 Å². The Bertz CT molecular complexity index is 779. The van der Waals surface area contributed by atoms with Crippen LogP contribution in [0, 0.1) is 0 Å². The first-order valence-electron chi connectivity index (χ1n) is 8.97. The summed E-state index contributed by atoms with van der Waals surface area (Å²) < 4.78 is 10.7. The fourth-order valence-corrected chi connectivity index (χ4v) is 3.03. The van der Waals surface area contributed by atoms with Crippen molar-refractivity contribution in [1.82, 2.24) is 4.90 Å². The number of hydrogen-bond acceptors (Lipinski definition) is 5. The second kappa shape index (κ2) is 8.58. The van der Waals surface area contributed by atoms with Gasteiger partial charge in [-0.15, -0.1) is 0 Å². The number of piperazine rings is 1. The minimum atomic E-state index is -0.0278. The van der Waals surface area contributed by atoms with Crippen molar-refractivity contribution in [2.75, 3.05) is 44.8 Å². The minimum Gasteiger partial charge on any atom is -0.497 e. The van der Waals surface area contributed by atoms with Crippen LogP contribution in [0.5, 0.6) is 11.5 Å². The first-order chi connectivity index (χ1) is 13.1. The highest BCUT2D eigenvalue weighted by atomic mass is 16.5. The van der Waals surface area contributed by atoms with Gasteiger partial charge < -0.3 is 19.3 Å². The maximum Gasteiger partial charge on any atom is 0.260 e. The van der Waals surface area contributed by atoms with Gasteiger partial charge in [-0.2, -0.15) is 0 Å². The molecule has 0 spiro atoms. The van der Waals surface area contributed by atoms with Crippen LogP contribution < -0.4 is 14.4 Å². The molecule has 6 heteroatoms. The quantitative estimate of drug-likeness (QED) is 0.734. The van der Waals surface area contributed by atoms with E-state index in [2.05, 4.69) is 4.90 Å². The van der Waals surface area contributed by atoms with Crippen LogP contribution in [0.3, 0.4) is 0 Å². The van der Waals surface area contributed by atoms with Crippen LogP contribution in [0.15, 0.2) is 48.5 Å². The van der Waals surface area contributed by atoms with E-state index in [1.807, 2.05) is 29.2 Å². The van der Waals surface area contributed by atoms with Crippen LogP contribution in [0.1, 0.15) is 17.3 Å². The molecule has 0 saturated carbocycles. The average molecular weight is 368 g/mol. The van der Waals surface area contributed by atoms with Crippen molar-refractivity contribution >= 4 is 17.4 Å². The summed E-state index contributed by atoms with van der Waals surface area (Å²) in [5.41, 5.74) is 1.76. The van der Waals surface area contributed by atoms with Crippen molar-refractivity contribution in [1.29, 1.82) is 0 Å². The number of benzene rings is 2. The topological polar surface area (TPSA) is 59.1 Å². The third kappa shape index (κ3) is 4.78. The average Bonchev–Trinajstić information content (AvgIpc) is 2.72. The number of carbonyl (C=O) groups is 2. The molecule has 0 atom stereocenters. The molecule has 27 heavy (non-hydrogen) atoms. The van der Waals surface area contributed by atoms with Gasteiger partial charge >= 0.3 is 0 Å². The van der Waals surface area contributed by atoms with Gasteiger partial charge in [-0.25, -0.2) is 0 Å². The second-order valence-corrected chi connectivity index (χ2v) is 6.44. The lowest BCUT2D eigenvalue weighted by atomic mass is 10.1. The van der Waals surface area contributed by atoms with Gasteiger partial charge in [0.05, 0.1) is 7.11 Å². The molecule has 0 unspecified atom stereocenters. The molecule has 2 aromatic rings. The highest BCUT2D eigenvalue weighted by Crippen LogP contribution is 2.20. The lowest BCUT2D eigenvalue weighted by molar-refractivity contribution is -0.133. The Morgan fingerprint density at radius 1 is 0.889 bits per heavy atom. The largest absolute Gasteiger partial charge is 0.497 e. The predicted octanol–water partition coefficient (Wildman–Crippen LogP) is 2.63. The summed E-state index contributed by atoms with van der Waals surface area (Å²) >= 11 is 0. The predicted molar refractivity (Wildman–Crippen MR) is 104 cm³/mol. The number of Topliss-reactive ketones (excluding diaryl/α,β-unsaturated/α-hetero) is 1. The molecule has 2 aromatic carbocycles. The highest BCUT2D eigenvalue weighted by molar-refractivity contribution is 5.94. The summed E-state index contributed by atoms with van der Waals surface area (Å²) in [4.78, 5) is 27.7. The molecule has 142 valence electrons. The standard InChI is InChI=1S/C21H24N2O4/c1-16(24)17-3-7-20(8-4-17)27-15-21(25)23-13-11-22(12-14-23)18-5-9-19(26-2)10-6-18/h3-10H,11-15H2,1-2H3.